The maximum absolute atomic E-state index is 12.1. The number of carbonyl (C=O) groups excluding carboxylic acids is 1. The number of aromatic nitrogens is 1. The first-order valence-corrected chi connectivity index (χ1v) is 8.06. The van der Waals surface area contributed by atoms with Crippen molar-refractivity contribution < 1.29 is 4.79 Å². The van der Waals surface area contributed by atoms with E-state index in [1.165, 1.54) is 12.8 Å². The summed E-state index contributed by atoms with van der Waals surface area (Å²) in [6.07, 6.45) is 7.55. The minimum absolute atomic E-state index is 0.0472. The van der Waals surface area contributed by atoms with Crippen molar-refractivity contribution in [2.45, 2.75) is 72.0 Å². The molecule has 0 radical (unpaired) electrons. The highest BCUT2D eigenvalue weighted by atomic mass is 16.2. The molecule has 2 atom stereocenters. The number of nitrogens with one attached hydrogen (secondary N) is 2. The molecule has 1 aromatic rings. The van der Waals surface area contributed by atoms with Gasteiger partial charge in [-0.2, -0.15) is 0 Å². The van der Waals surface area contributed by atoms with Gasteiger partial charge in [0.15, 0.2) is 0 Å². The van der Waals surface area contributed by atoms with Crippen LogP contribution in [0.2, 0.25) is 0 Å². The molecule has 0 saturated heterocycles. The van der Waals surface area contributed by atoms with E-state index in [1.54, 1.807) is 12.3 Å². The van der Waals surface area contributed by atoms with Gasteiger partial charge in [0.05, 0.1) is 6.17 Å². The summed E-state index contributed by atoms with van der Waals surface area (Å²) >= 11 is 0. The van der Waals surface area contributed by atoms with Crippen LogP contribution in [0.25, 0.3) is 0 Å². The molecule has 1 rings (SSSR count). The molecule has 0 aliphatic rings. The SMILES string of the molecule is CCCCC(CCC)NC(C)NC(=O)c1ccc(C)cn1. The van der Waals surface area contributed by atoms with Gasteiger partial charge in [-0.05, 0) is 38.3 Å². The molecular weight excluding hydrogens is 262 g/mol. The topological polar surface area (TPSA) is 54.0 Å². The summed E-state index contributed by atoms with van der Waals surface area (Å²) in [6.45, 7) is 8.35. The standard InChI is InChI=1S/C17H29N3O/c1-5-7-9-15(8-6-2)19-14(4)20-17(21)16-11-10-13(3)12-18-16/h10-12,14-15,19H,5-9H2,1-4H3,(H,20,21). The number of rotatable bonds is 9. The van der Waals surface area contributed by atoms with Crippen LogP contribution in [0.4, 0.5) is 0 Å². The van der Waals surface area contributed by atoms with Gasteiger partial charge >= 0.3 is 0 Å². The first-order valence-electron chi connectivity index (χ1n) is 8.06. The van der Waals surface area contributed by atoms with Crippen LogP contribution in [0.5, 0.6) is 0 Å². The van der Waals surface area contributed by atoms with Crippen LogP contribution in [0.15, 0.2) is 18.3 Å². The van der Waals surface area contributed by atoms with Crippen molar-refractivity contribution >= 4 is 5.91 Å². The number of hydrogen-bond acceptors (Lipinski definition) is 3. The summed E-state index contributed by atoms with van der Waals surface area (Å²) in [7, 11) is 0. The molecule has 0 aliphatic heterocycles. The van der Waals surface area contributed by atoms with Gasteiger partial charge in [-0.1, -0.05) is 39.2 Å². The quantitative estimate of drug-likeness (QED) is 0.685. The maximum atomic E-state index is 12.1. The number of amides is 1. The molecule has 4 nitrogen and oxygen atoms in total. The van der Waals surface area contributed by atoms with E-state index >= 15 is 0 Å². The number of pyridine rings is 1. The molecule has 0 aliphatic carbocycles. The molecule has 4 heteroatoms. The Morgan fingerprint density at radius 3 is 2.57 bits per heavy atom. The van der Waals surface area contributed by atoms with E-state index in [9.17, 15) is 4.79 Å². The molecular formula is C17H29N3O. The first-order chi connectivity index (χ1) is 10.1. The smallest absolute Gasteiger partial charge is 0.271 e. The fourth-order valence-corrected chi connectivity index (χ4v) is 2.38. The third-order valence-corrected chi connectivity index (χ3v) is 3.52. The number of unbranched alkanes of at least 4 members (excludes halogenated alkanes) is 1. The zero-order valence-corrected chi connectivity index (χ0v) is 13.8. The molecule has 0 spiro atoms. The first kappa shape index (κ1) is 17.6. The fourth-order valence-electron chi connectivity index (χ4n) is 2.38. The van der Waals surface area contributed by atoms with E-state index < -0.39 is 0 Å². The Labute approximate surface area is 128 Å². The lowest BCUT2D eigenvalue weighted by atomic mass is 10.1. The van der Waals surface area contributed by atoms with Crippen molar-refractivity contribution in [3.63, 3.8) is 0 Å². The molecule has 0 aromatic carbocycles. The summed E-state index contributed by atoms with van der Waals surface area (Å²) in [5, 5.41) is 6.47. The third-order valence-electron chi connectivity index (χ3n) is 3.52. The number of nitrogens with zero attached hydrogens (tertiary/aromatic N) is 1. The summed E-state index contributed by atoms with van der Waals surface area (Å²) in [4.78, 5) is 16.3. The van der Waals surface area contributed by atoms with Gasteiger partial charge in [-0.3, -0.25) is 15.1 Å². The minimum atomic E-state index is -0.124. The maximum Gasteiger partial charge on any atom is 0.271 e. The number of aryl methyl sites for hydroxylation is 1. The van der Waals surface area contributed by atoms with Crippen molar-refractivity contribution in [3.8, 4) is 0 Å². The van der Waals surface area contributed by atoms with Crippen LogP contribution in [0, 0.1) is 6.92 Å². The average Bonchev–Trinajstić information content (AvgIpc) is 2.45. The summed E-state index contributed by atoms with van der Waals surface area (Å²) in [5.41, 5.74) is 1.52. The minimum Gasteiger partial charge on any atom is -0.336 e. The molecule has 1 amide bonds. The Morgan fingerprint density at radius 1 is 1.24 bits per heavy atom. The predicted octanol–water partition coefficient (Wildman–Crippen LogP) is 3.41. The van der Waals surface area contributed by atoms with Gasteiger partial charge < -0.3 is 5.32 Å². The molecule has 21 heavy (non-hydrogen) atoms. The summed E-state index contributed by atoms with van der Waals surface area (Å²) in [6, 6.07) is 4.13. The molecule has 118 valence electrons. The fraction of sp³-hybridized carbons (Fsp3) is 0.647. The van der Waals surface area contributed by atoms with Crippen LogP contribution in [0.3, 0.4) is 0 Å². The van der Waals surface area contributed by atoms with Gasteiger partial charge in [-0.15, -0.1) is 0 Å². The van der Waals surface area contributed by atoms with Gasteiger partial charge in [-0.25, -0.2) is 0 Å². The van der Waals surface area contributed by atoms with Gasteiger partial charge in [0, 0.05) is 12.2 Å². The summed E-state index contributed by atoms with van der Waals surface area (Å²) < 4.78 is 0. The van der Waals surface area contributed by atoms with Crippen LogP contribution in [-0.2, 0) is 0 Å². The highest BCUT2D eigenvalue weighted by Gasteiger charge is 2.14. The Hall–Kier alpha value is -1.42. The van der Waals surface area contributed by atoms with E-state index in [2.05, 4.69) is 29.5 Å². The van der Waals surface area contributed by atoms with Crippen molar-refractivity contribution in [1.82, 2.24) is 15.6 Å². The Balaban J connectivity index is 2.48. The van der Waals surface area contributed by atoms with E-state index in [-0.39, 0.29) is 12.1 Å². The average molecular weight is 291 g/mol. The molecule has 1 heterocycles. The Kier molecular flexibility index (Phi) is 7.98. The van der Waals surface area contributed by atoms with Gasteiger partial charge in [0.25, 0.3) is 5.91 Å². The van der Waals surface area contributed by atoms with E-state index in [0.717, 1.165) is 24.8 Å². The van der Waals surface area contributed by atoms with Crippen LogP contribution in [0.1, 0.15) is 68.9 Å². The predicted molar refractivity (Wildman–Crippen MR) is 87.3 cm³/mol. The second-order valence-electron chi connectivity index (χ2n) is 5.71. The van der Waals surface area contributed by atoms with Gasteiger partial charge in [0.1, 0.15) is 5.69 Å². The molecule has 1 aromatic heterocycles. The second kappa shape index (κ2) is 9.50. The van der Waals surface area contributed by atoms with Crippen molar-refractivity contribution in [2.24, 2.45) is 0 Å². The van der Waals surface area contributed by atoms with Gasteiger partial charge in [0.2, 0.25) is 0 Å². The summed E-state index contributed by atoms with van der Waals surface area (Å²) in [5.74, 6) is -0.124. The normalized spacial score (nSPS) is 13.7. The molecule has 2 unspecified atom stereocenters. The van der Waals surface area contributed by atoms with E-state index in [0.29, 0.717) is 11.7 Å². The number of carbonyl (C=O) groups is 1. The molecule has 0 fully saturated rings. The second-order valence-corrected chi connectivity index (χ2v) is 5.71. The molecule has 2 N–H and O–H groups in total. The van der Waals surface area contributed by atoms with Crippen LogP contribution >= 0.6 is 0 Å². The lowest BCUT2D eigenvalue weighted by Gasteiger charge is -2.23. The number of hydrogen-bond donors (Lipinski definition) is 2. The highest BCUT2D eigenvalue weighted by Crippen LogP contribution is 2.07. The van der Waals surface area contributed by atoms with Crippen molar-refractivity contribution in [1.29, 1.82) is 0 Å². The zero-order chi connectivity index (χ0) is 15.7. The largest absolute Gasteiger partial charge is 0.336 e. The highest BCUT2D eigenvalue weighted by molar-refractivity contribution is 5.92. The van der Waals surface area contributed by atoms with E-state index in [1.807, 2.05) is 19.9 Å². The molecule has 0 bridgehead atoms. The Morgan fingerprint density at radius 2 is 2.00 bits per heavy atom. The van der Waals surface area contributed by atoms with Crippen LogP contribution < -0.4 is 10.6 Å². The van der Waals surface area contributed by atoms with Crippen molar-refractivity contribution in [2.75, 3.05) is 0 Å². The lowest BCUT2D eigenvalue weighted by Crippen LogP contribution is -2.47. The van der Waals surface area contributed by atoms with E-state index in [4.69, 9.17) is 0 Å². The van der Waals surface area contributed by atoms with Crippen molar-refractivity contribution in [3.05, 3.63) is 29.6 Å². The zero-order valence-electron chi connectivity index (χ0n) is 13.8. The third kappa shape index (κ3) is 6.71. The lowest BCUT2D eigenvalue weighted by molar-refractivity contribution is 0.0924. The Bertz CT molecular complexity index is 417. The van der Waals surface area contributed by atoms with Crippen LogP contribution in [-0.4, -0.2) is 23.1 Å². The molecule has 0 saturated carbocycles. The monoisotopic (exact) mass is 291 g/mol.